The van der Waals surface area contributed by atoms with Crippen LogP contribution in [0, 0.1) is 0 Å². The number of aliphatic hydroxyl groups is 2. The molecule has 0 heterocycles. The van der Waals surface area contributed by atoms with Gasteiger partial charge in [0, 0.05) is 6.61 Å². The monoisotopic (exact) mass is 314 g/mol. The minimum absolute atomic E-state index is 0.309. The number of carboxylic acid groups (broad SMARTS) is 1. The number of hydrogen-bond acceptors (Lipinski definition) is 3. The van der Waals surface area contributed by atoms with Gasteiger partial charge in [-0.05, 0) is 38.5 Å². The Labute approximate surface area is 135 Å². The van der Waals surface area contributed by atoms with Gasteiger partial charge in [0.15, 0.2) is 6.10 Å². The Morgan fingerprint density at radius 3 is 1.73 bits per heavy atom. The van der Waals surface area contributed by atoms with Crippen molar-refractivity contribution in [3.63, 3.8) is 0 Å². The van der Waals surface area contributed by atoms with Crippen LogP contribution >= 0.6 is 0 Å². The van der Waals surface area contributed by atoms with Gasteiger partial charge in [-0.1, -0.05) is 57.1 Å². The van der Waals surface area contributed by atoms with E-state index in [1.54, 1.807) is 0 Å². The van der Waals surface area contributed by atoms with E-state index in [4.69, 9.17) is 15.3 Å². The Bertz CT molecular complexity index is 276. The Balaban J connectivity index is 3.14. The highest BCUT2D eigenvalue weighted by atomic mass is 16.4. The fourth-order valence-electron chi connectivity index (χ4n) is 2.39. The van der Waals surface area contributed by atoms with Gasteiger partial charge in [0.05, 0.1) is 0 Å². The number of rotatable bonds is 16. The molecule has 1 atom stereocenters. The third-order valence-corrected chi connectivity index (χ3v) is 3.83. The molecule has 0 saturated carbocycles. The molecule has 130 valence electrons. The van der Waals surface area contributed by atoms with E-state index in [0.29, 0.717) is 13.0 Å². The number of allylic oxidation sites excluding steroid dienone is 2. The Morgan fingerprint density at radius 1 is 0.773 bits per heavy atom. The third-order valence-electron chi connectivity index (χ3n) is 3.83. The predicted molar refractivity (Wildman–Crippen MR) is 89.9 cm³/mol. The van der Waals surface area contributed by atoms with Crippen LogP contribution in [0.4, 0.5) is 0 Å². The van der Waals surface area contributed by atoms with E-state index in [1.165, 1.54) is 32.1 Å². The van der Waals surface area contributed by atoms with Crippen LogP contribution in [0.5, 0.6) is 0 Å². The zero-order valence-corrected chi connectivity index (χ0v) is 13.9. The second kappa shape index (κ2) is 16.5. The van der Waals surface area contributed by atoms with E-state index < -0.39 is 12.1 Å². The zero-order chi connectivity index (χ0) is 16.5. The highest BCUT2D eigenvalue weighted by Gasteiger charge is 2.11. The van der Waals surface area contributed by atoms with Crippen molar-refractivity contribution in [1.29, 1.82) is 0 Å². The molecule has 4 heteroatoms. The molecule has 0 spiro atoms. The summed E-state index contributed by atoms with van der Waals surface area (Å²) in [7, 11) is 0. The Hall–Kier alpha value is -0.870. The molecule has 0 aliphatic carbocycles. The first-order chi connectivity index (χ1) is 10.7. The van der Waals surface area contributed by atoms with Gasteiger partial charge in [0.2, 0.25) is 0 Å². The topological polar surface area (TPSA) is 77.8 Å². The van der Waals surface area contributed by atoms with E-state index in [0.717, 1.165) is 44.9 Å². The molecule has 0 saturated heterocycles. The molecule has 22 heavy (non-hydrogen) atoms. The van der Waals surface area contributed by atoms with Crippen molar-refractivity contribution in [3.05, 3.63) is 12.2 Å². The second-order valence-electron chi connectivity index (χ2n) is 5.95. The van der Waals surface area contributed by atoms with Crippen LogP contribution in [0.25, 0.3) is 0 Å². The molecule has 0 amide bonds. The van der Waals surface area contributed by atoms with E-state index in [2.05, 4.69) is 12.2 Å². The van der Waals surface area contributed by atoms with E-state index >= 15 is 0 Å². The summed E-state index contributed by atoms with van der Waals surface area (Å²) in [4.78, 5) is 10.4. The largest absolute Gasteiger partial charge is 0.479 e. The lowest BCUT2D eigenvalue weighted by Crippen LogP contribution is -2.18. The van der Waals surface area contributed by atoms with Crippen molar-refractivity contribution in [2.45, 2.75) is 89.6 Å². The summed E-state index contributed by atoms with van der Waals surface area (Å²) >= 11 is 0. The van der Waals surface area contributed by atoms with Crippen LogP contribution in [-0.4, -0.2) is 34.0 Å². The first-order valence-corrected chi connectivity index (χ1v) is 8.85. The lowest BCUT2D eigenvalue weighted by Gasteiger charge is -2.04. The van der Waals surface area contributed by atoms with Crippen LogP contribution < -0.4 is 0 Å². The van der Waals surface area contributed by atoms with Crippen molar-refractivity contribution in [1.82, 2.24) is 0 Å². The number of hydrogen-bond donors (Lipinski definition) is 3. The van der Waals surface area contributed by atoms with Gasteiger partial charge in [-0.2, -0.15) is 0 Å². The normalized spacial score (nSPS) is 12.8. The maximum atomic E-state index is 10.4. The molecule has 0 aliphatic rings. The minimum Gasteiger partial charge on any atom is -0.479 e. The van der Waals surface area contributed by atoms with Crippen molar-refractivity contribution in [2.75, 3.05) is 6.61 Å². The van der Waals surface area contributed by atoms with Gasteiger partial charge in [-0.15, -0.1) is 0 Å². The standard InChI is InChI=1S/C18H34O4/c19-16-14-12-10-8-6-4-2-1-3-5-7-9-11-13-15-17(20)18(21)22/h4,6,17,19-20H,1-3,5,7-16H2,(H,21,22). The first kappa shape index (κ1) is 21.1. The minimum atomic E-state index is -1.18. The van der Waals surface area contributed by atoms with Gasteiger partial charge in [-0.25, -0.2) is 4.79 Å². The maximum Gasteiger partial charge on any atom is 0.332 e. The molecule has 4 nitrogen and oxygen atoms in total. The molecule has 0 radical (unpaired) electrons. The van der Waals surface area contributed by atoms with Crippen LogP contribution in [0.15, 0.2) is 12.2 Å². The second-order valence-corrected chi connectivity index (χ2v) is 5.95. The highest BCUT2D eigenvalue weighted by Crippen LogP contribution is 2.11. The van der Waals surface area contributed by atoms with E-state index in [1.807, 2.05) is 0 Å². The Morgan fingerprint density at radius 2 is 1.23 bits per heavy atom. The predicted octanol–water partition coefficient (Wildman–Crippen LogP) is 4.05. The average Bonchev–Trinajstić information content (AvgIpc) is 2.50. The fraction of sp³-hybridized carbons (Fsp3) is 0.833. The summed E-state index contributed by atoms with van der Waals surface area (Å²) in [6.45, 7) is 0.309. The molecule has 0 fully saturated rings. The molecule has 0 aromatic heterocycles. The number of carbonyl (C=O) groups is 1. The van der Waals surface area contributed by atoms with Crippen molar-refractivity contribution in [3.8, 4) is 0 Å². The molecule has 0 aromatic carbocycles. The van der Waals surface area contributed by atoms with E-state index in [9.17, 15) is 4.79 Å². The third kappa shape index (κ3) is 15.5. The summed E-state index contributed by atoms with van der Waals surface area (Å²) in [6, 6.07) is 0. The van der Waals surface area contributed by atoms with Crippen LogP contribution in [-0.2, 0) is 4.79 Å². The first-order valence-electron chi connectivity index (χ1n) is 8.85. The van der Waals surface area contributed by atoms with Gasteiger partial charge in [0.25, 0.3) is 0 Å². The van der Waals surface area contributed by atoms with Crippen LogP contribution in [0.3, 0.4) is 0 Å². The number of carboxylic acids is 1. The molecular formula is C18H34O4. The van der Waals surface area contributed by atoms with Crippen molar-refractivity contribution in [2.24, 2.45) is 0 Å². The summed E-state index contributed by atoms with van der Waals surface area (Å²) in [5, 5.41) is 26.3. The van der Waals surface area contributed by atoms with Gasteiger partial charge in [0.1, 0.15) is 0 Å². The molecule has 0 aliphatic heterocycles. The maximum absolute atomic E-state index is 10.4. The molecule has 0 rings (SSSR count). The Kier molecular flexibility index (Phi) is 15.8. The van der Waals surface area contributed by atoms with Gasteiger partial charge >= 0.3 is 5.97 Å². The smallest absolute Gasteiger partial charge is 0.332 e. The van der Waals surface area contributed by atoms with E-state index in [-0.39, 0.29) is 0 Å². The molecule has 0 aromatic rings. The molecular weight excluding hydrogens is 280 g/mol. The number of aliphatic carboxylic acids is 1. The summed E-state index contributed by atoms with van der Waals surface area (Å²) in [5.74, 6) is -1.11. The zero-order valence-electron chi connectivity index (χ0n) is 13.9. The van der Waals surface area contributed by atoms with Crippen molar-refractivity contribution < 1.29 is 20.1 Å². The van der Waals surface area contributed by atoms with Crippen LogP contribution in [0.2, 0.25) is 0 Å². The fourth-order valence-corrected chi connectivity index (χ4v) is 2.39. The van der Waals surface area contributed by atoms with Gasteiger partial charge < -0.3 is 15.3 Å². The highest BCUT2D eigenvalue weighted by molar-refractivity contribution is 5.71. The summed E-state index contributed by atoms with van der Waals surface area (Å²) in [5.41, 5.74) is 0. The van der Waals surface area contributed by atoms with Gasteiger partial charge in [-0.3, -0.25) is 0 Å². The average molecular weight is 314 g/mol. The SMILES string of the molecule is O=C(O)C(O)CCCCCCCCCC=CCCCCCO. The van der Waals surface area contributed by atoms with Crippen molar-refractivity contribution >= 4 is 5.97 Å². The summed E-state index contributed by atoms with van der Waals surface area (Å²) in [6.07, 6.45) is 17.1. The summed E-state index contributed by atoms with van der Waals surface area (Å²) < 4.78 is 0. The lowest BCUT2D eigenvalue weighted by molar-refractivity contribution is -0.146. The lowest BCUT2D eigenvalue weighted by atomic mass is 10.1. The number of aliphatic hydroxyl groups excluding tert-OH is 2. The molecule has 1 unspecified atom stereocenters. The number of unbranched alkanes of at least 4 members (excludes halogenated alkanes) is 10. The quantitative estimate of drug-likeness (QED) is 0.297. The molecule has 0 bridgehead atoms. The molecule has 3 N–H and O–H groups in total. The van der Waals surface area contributed by atoms with Crippen LogP contribution in [0.1, 0.15) is 83.5 Å².